The summed E-state index contributed by atoms with van der Waals surface area (Å²) in [4.78, 5) is 23.3. The van der Waals surface area contributed by atoms with Crippen molar-refractivity contribution in [1.29, 1.82) is 0 Å². The quantitative estimate of drug-likeness (QED) is 0.408. The van der Waals surface area contributed by atoms with Crippen molar-refractivity contribution >= 4 is 34.3 Å². The summed E-state index contributed by atoms with van der Waals surface area (Å²) in [7, 11) is 0. The number of hydrogen-bond donors (Lipinski definition) is 1. The lowest BCUT2D eigenvalue weighted by molar-refractivity contribution is -0.113. The maximum Gasteiger partial charge on any atom is 0.336 e. The molecule has 0 bridgehead atoms. The first kappa shape index (κ1) is 17.0. The van der Waals surface area contributed by atoms with Gasteiger partial charge in [-0.1, -0.05) is 16.9 Å². The lowest BCUT2D eigenvalue weighted by Crippen LogP contribution is -2.14. The van der Waals surface area contributed by atoms with Crippen LogP contribution in [0.5, 0.6) is 0 Å². The summed E-state index contributed by atoms with van der Waals surface area (Å²) in [5, 5.41) is 15.3. The van der Waals surface area contributed by atoms with Crippen molar-refractivity contribution in [2.75, 3.05) is 11.1 Å². The van der Waals surface area contributed by atoms with E-state index >= 15 is 0 Å². The number of aryl methyl sites for hydroxylation is 1. The molecule has 4 aromatic rings. The van der Waals surface area contributed by atoms with Gasteiger partial charge in [0, 0.05) is 23.2 Å². The average molecular weight is 384 g/mol. The van der Waals surface area contributed by atoms with Crippen LogP contribution in [0.25, 0.3) is 22.6 Å². The van der Waals surface area contributed by atoms with Crippen LogP contribution in [0.3, 0.4) is 0 Å². The van der Waals surface area contributed by atoms with Gasteiger partial charge in [-0.25, -0.2) is 4.79 Å². The van der Waals surface area contributed by atoms with Crippen molar-refractivity contribution in [3.8, 4) is 11.6 Å². The molecule has 0 aliphatic carbocycles. The third kappa shape index (κ3) is 3.90. The van der Waals surface area contributed by atoms with Gasteiger partial charge in [0.25, 0.3) is 11.1 Å². The zero-order chi connectivity index (χ0) is 18.8. The lowest BCUT2D eigenvalue weighted by Gasteiger charge is -2.05. The number of fused-ring (bicyclic) bond motifs is 1. The first-order valence-corrected chi connectivity index (χ1v) is 8.79. The van der Waals surface area contributed by atoms with E-state index in [1.165, 1.54) is 6.07 Å². The van der Waals surface area contributed by atoms with Crippen LogP contribution >= 0.6 is 11.8 Å². The Morgan fingerprint density at radius 3 is 2.85 bits per heavy atom. The minimum Gasteiger partial charge on any atom is -0.423 e. The zero-order valence-electron chi connectivity index (χ0n) is 14.0. The van der Waals surface area contributed by atoms with E-state index in [0.29, 0.717) is 28.1 Å². The normalized spacial score (nSPS) is 11.0. The molecule has 1 N–H and O–H groups in total. The number of rotatable bonds is 5. The summed E-state index contributed by atoms with van der Waals surface area (Å²) >= 11 is 1.11. The van der Waals surface area contributed by atoms with E-state index in [2.05, 4.69) is 20.7 Å². The van der Waals surface area contributed by atoms with Gasteiger partial charge in [-0.3, -0.25) is 4.79 Å². The summed E-state index contributed by atoms with van der Waals surface area (Å²) in [6, 6.07) is 9.65. The number of thioether (sulfide) groups is 1. The van der Waals surface area contributed by atoms with Crippen LogP contribution in [0.2, 0.25) is 0 Å². The fraction of sp³-hybridized carbons (Fsp3) is 0.118. The van der Waals surface area contributed by atoms with E-state index in [4.69, 9.17) is 13.4 Å². The Bertz CT molecular complexity index is 1180. The second-order valence-electron chi connectivity index (χ2n) is 5.54. The van der Waals surface area contributed by atoms with E-state index in [9.17, 15) is 9.59 Å². The minimum absolute atomic E-state index is 0.0847. The fourth-order valence-electron chi connectivity index (χ4n) is 2.31. The van der Waals surface area contributed by atoms with Crippen molar-refractivity contribution in [3.63, 3.8) is 0 Å². The molecule has 0 aliphatic rings. The van der Waals surface area contributed by atoms with E-state index in [0.717, 1.165) is 11.8 Å². The molecule has 27 heavy (non-hydrogen) atoms. The number of anilines is 1. The maximum absolute atomic E-state index is 12.1. The maximum atomic E-state index is 12.1. The zero-order valence-corrected chi connectivity index (χ0v) is 14.8. The number of carbonyl (C=O) groups is 1. The first-order chi connectivity index (χ1) is 13.1. The number of hydrogen-bond acceptors (Lipinski definition) is 9. The van der Waals surface area contributed by atoms with Gasteiger partial charge in [-0.15, -0.1) is 10.2 Å². The molecule has 1 amide bonds. The minimum atomic E-state index is -0.421. The van der Waals surface area contributed by atoms with E-state index in [1.54, 1.807) is 37.3 Å². The fourth-order valence-corrected chi connectivity index (χ4v) is 2.88. The van der Waals surface area contributed by atoms with Crippen LogP contribution in [0.1, 0.15) is 5.76 Å². The molecule has 3 heterocycles. The first-order valence-electron chi connectivity index (χ1n) is 7.80. The Balaban J connectivity index is 1.38. The molecule has 0 spiro atoms. The highest BCUT2D eigenvalue weighted by molar-refractivity contribution is 7.99. The second kappa shape index (κ2) is 7.08. The van der Waals surface area contributed by atoms with Gasteiger partial charge in [-0.2, -0.15) is 0 Å². The van der Waals surface area contributed by atoms with E-state index < -0.39 is 5.63 Å². The highest BCUT2D eigenvalue weighted by Gasteiger charge is 2.14. The van der Waals surface area contributed by atoms with Crippen molar-refractivity contribution in [1.82, 2.24) is 15.4 Å². The molecule has 10 heteroatoms. The third-order valence-electron chi connectivity index (χ3n) is 3.48. The molecule has 0 aliphatic heterocycles. The van der Waals surface area contributed by atoms with Gasteiger partial charge in [0.1, 0.15) is 11.3 Å². The van der Waals surface area contributed by atoms with Gasteiger partial charge in [-0.05, 0) is 31.2 Å². The standard InChI is InChI=1S/C17H12N4O5S/c1-9-6-12(21-26-9)16-19-20-17(25-16)27-8-14(22)18-11-3-4-13-10(7-11)2-5-15(23)24-13/h2-7H,8H2,1H3,(H,18,22). The SMILES string of the molecule is Cc1cc(-c2nnc(SCC(=O)Nc3ccc4oc(=O)ccc4c3)o2)no1. The summed E-state index contributed by atoms with van der Waals surface area (Å²) in [6.45, 7) is 1.76. The molecule has 0 radical (unpaired) electrons. The van der Waals surface area contributed by atoms with Gasteiger partial charge < -0.3 is 18.7 Å². The summed E-state index contributed by atoms with van der Waals surface area (Å²) < 4.78 is 15.5. The molecule has 0 saturated heterocycles. The predicted octanol–water partition coefficient (Wildman–Crippen LogP) is 2.87. The van der Waals surface area contributed by atoms with Crippen LogP contribution < -0.4 is 10.9 Å². The Kier molecular flexibility index (Phi) is 4.47. The van der Waals surface area contributed by atoms with Gasteiger partial charge in [0.05, 0.1) is 5.75 Å². The Labute approximate surface area is 155 Å². The molecular formula is C17H12N4O5S. The molecule has 0 saturated carbocycles. The molecule has 0 atom stereocenters. The van der Waals surface area contributed by atoms with Crippen molar-refractivity contribution in [3.05, 3.63) is 52.6 Å². The van der Waals surface area contributed by atoms with Crippen LogP contribution in [0, 0.1) is 6.92 Å². The molecule has 0 fully saturated rings. The lowest BCUT2D eigenvalue weighted by atomic mass is 10.2. The predicted molar refractivity (Wildman–Crippen MR) is 96.4 cm³/mol. The topological polar surface area (TPSA) is 124 Å². The highest BCUT2D eigenvalue weighted by atomic mass is 32.2. The van der Waals surface area contributed by atoms with Crippen LogP contribution in [-0.4, -0.2) is 27.0 Å². The third-order valence-corrected chi connectivity index (χ3v) is 4.30. The van der Waals surface area contributed by atoms with Crippen molar-refractivity contribution in [2.24, 2.45) is 0 Å². The number of aromatic nitrogens is 3. The van der Waals surface area contributed by atoms with E-state index in [-0.39, 0.29) is 22.8 Å². The van der Waals surface area contributed by atoms with Crippen molar-refractivity contribution in [2.45, 2.75) is 12.1 Å². The Morgan fingerprint density at radius 2 is 2.04 bits per heavy atom. The highest BCUT2D eigenvalue weighted by Crippen LogP contribution is 2.23. The monoisotopic (exact) mass is 384 g/mol. The summed E-state index contributed by atoms with van der Waals surface area (Å²) in [6.07, 6.45) is 0. The number of benzene rings is 1. The second-order valence-corrected chi connectivity index (χ2v) is 6.47. The number of amides is 1. The van der Waals surface area contributed by atoms with Crippen LogP contribution in [0.4, 0.5) is 5.69 Å². The molecule has 1 aromatic carbocycles. The number of carbonyl (C=O) groups excluding carboxylic acids is 1. The van der Waals surface area contributed by atoms with Crippen LogP contribution in [-0.2, 0) is 4.79 Å². The molecule has 0 unspecified atom stereocenters. The molecule has 4 rings (SSSR count). The van der Waals surface area contributed by atoms with Crippen molar-refractivity contribution < 1.29 is 18.2 Å². The smallest absolute Gasteiger partial charge is 0.336 e. The average Bonchev–Trinajstić information content (AvgIpc) is 3.29. The number of nitrogens with one attached hydrogen (secondary N) is 1. The summed E-state index contributed by atoms with van der Waals surface area (Å²) in [5.74, 6) is 0.701. The van der Waals surface area contributed by atoms with Gasteiger partial charge >= 0.3 is 5.63 Å². The Hall–Kier alpha value is -3.40. The number of nitrogens with zero attached hydrogens (tertiary/aromatic N) is 3. The summed E-state index contributed by atoms with van der Waals surface area (Å²) in [5.41, 5.74) is 1.07. The molecule has 136 valence electrons. The largest absolute Gasteiger partial charge is 0.423 e. The molecule has 9 nitrogen and oxygen atoms in total. The molecular weight excluding hydrogens is 372 g/mol. The van der Waals surface area contributed by atoms with E-state index in [1.807, 2.05) is 0 Å². The van der Waals surface area contributed by atoms with Gasteiger partial charge in [0.2, 0.25) is 5.91 Å². The molecule has 3 aromatic heterocycles. The van der Waals surface area contributed by atoms with Crippen LogP contribution in [0.15, 0.2) is 59.8 Å². The Morgan fingerprint density at radius 1 is 1.15 bits per heavy atom. The van der Waals surface area contributed by atoms with Gasteiger partial charge in [0.15, 0.2) is 5.69 Å².